The van der Waals surface area contributed by atoms with Crippen LogP contribution in [0.5, 0.6) is 17.2 Å². The summed E-state index contributed by atoms with van der Waals surface area (Å²) in [6, 6.07) is 35.9. The molecule has 9 rings (SSSR count). The number of rotatable bonds is 4. The molecule has 0 aliphatic carbocycles. The van der Waals surface area contributed by atoms with Crippen LogP contribution in [0, 0.1) is 0 Å². The molecule has 0 aliphatic heterocycles. The van der Waals surface area contributed by atoms with Gasteiger partial charge in [-0.25, -0.2) is 15.0 Å². The molecule has 10 heteroatoms. The molecule has 6 aromatic carbocycles. The lowest BCUT2D eigenvalue weighted by Gasteiger charge is -2.18. The third-order valence-corrected chi connectivity index (χ3v) is 11.3. The lowest BCUT2D eigenvalue weighted by molar-refractivity contribution is 0.403. The third-order valence-electron chi connectivity index (χ3n) is 8.86. The molecular formula is C39H21B2N3O3S2. The molecule has 0 saturated heterocycles. The molecule has 0 atom stereocenters. The third kappa shape index (κ3) is 4.52. The molecule has 3 N–H and O–H groups in total. The van der Waals surface area contributed by atoms with E-state index in [1.165, 1.54) is 0 Å². The van der Waals surface area contributed by atoms with Gasteiger partial charge in [-0.1, -0.05) is 95.9 Å². The van der Waals surface area contributed by atoms with Gasteiger partial charge in [-0.05, 0) is 24.3 Å². The summed E-state index contributed by atoms with van der Waals surface area (Å²) in [5, 5.41) is 37.3. The van der Waals surface area contributed by atoms with Crippen LogP contribution in [0.3, 0.4) is 0 Å². The molecule has 228 valence electrons. The lowest BCUT2D eigenvalue weighted by atomic mass is 9.76. The van der Waals surface area contributed by atoms with Gasteiger partial charge in [-0.2, -0.15) is 0 Å². The van der Waals surface area contributed by atoms with E-state index in [1.807, 2.05) is 54.6 Å². The van der Waals surface area contributed by atoms with Crippen molar-refractivity contribution < 1.29 is 15.3 Å². The first kappa shape index (κ1) is 29.4. The molecule has 0 aliphatic rings. The van der Waals surface area contributed by atoms with Crippen molar-refractivity contribution in [1.29, 1.82) is 0 Å². The normalized spacial score (nSPS) is 11.7. The van der Waals surface area contributed by atoms with E-state index in [4.69, 9.17) is 30.6 Å². The minimum Gasteiger partial charge on any atom is -0.508 e. The minimum absolute atomic E-state index is 0.0819. The largest absolute Gasteiger partial charge is 0.508 e. The maximum Gasteiger partial charge on any atom is 0.168 e. The van der Waals surface area contributed by atoms with Crippen LogP contribution < -0.4 is 10.9 Å². The minimum atomic E-state index is -0.620. The summed E-state index contributed by atoms with van der Waals surface area (Å²) in [5.41, 5.74) is 1.89. The van der Waals surface area contributed by atoms with Crippen molar-refractivity contribution in [1.82, 2.24) is 15.0 Å². The SMILES string of the molecule is [B]c1c([B])c(O)c(-c2ccccc2-c2nc(-c3cccc4c3sc3ccccc34)nc(-c3cccc4c3sc3ccccc34)n2)c(O)c1O. The Morgan fingerprint density at radius 2 is 0.816 bits per heavy atom. The zero-order valence-electron chi connectivity index (χ0n) is 25.5. The topological polar surface area (TPSA) is 99.4 Å². The number of nitrogens with zero attached hydrogens (tertiary/aromatic N) is 3. The van der Waals surface area contributed by atoms with Gasteiger partial charge < -0.3 is 15.3 Å². The Kier molecular flexibility index (Phi) is 6.72. The number of hydrogen-bond donors (Lipinski definition) is 3. The Bertz CT molecular complexity index is 2650. The molecule has 0 amide bonds. The monoisotopic (exact) mass is 665 g/mol. The highest BCUT2D eigenvalue weighted by molar-refractivity contribution is 7.26. The van der Waals surface area contributed by atoms with Crippen LogP contribution in [0.4, 0.5) is 0 Å². The van der Waals surface area contributed by atoms with E-state index in [9.17, 15) is 15.3 Å². The van der Waals surface area contributed by atoms with Crippen LogP contribution in [0.15, 0.2) is 109 Å². The fourth-order valence-electron chi connectivity index (χ4n) is 6.48. The van der Waals surface area contributed by atoms with Crippen LogP contribution >= 0.6 is 22.7 Å². The van der Waals surface area contributed by atoms with Crippen molar-refractivity contribution in [3.8, 4) is 62.5 Å². The average molecular weight is 665 g/mol. The Balaban J connectivity index is 1.36. The highest BCUT2D eigenvalue weighted by Crippen LogP contribution is 2.46. The number of hydrogen-bond acceptors (Lipinski definition) is 8. The van der Waals surface area contributed by atoms with Crippen molar-refractivity contribution in [2.75, 3.05) is 0 Å². The number of benzene rings is 6. The van der Waals surface area contributed by atoms with E-state index in [0.717, 1.165) is 51.5 Å². The molecule has 0 bridgehead atoms. The maximum atomic E-state index is 11.1. The smallest absolute Gasteiger partial charge is 0.168 e. The fourth-order valence-corrected chi connectivity index (χ4v) is 8.91. The lowest BCUT2D eigenvalue weighted by Crippen LogP contribution is -2.26. The molecular weight excluding hydrogens is 644 g/mol. The van der Waals surface area contributed by atoms with Gasteiger partial charge in [0.1, 0.15) is 21.4 Å². The van der Waals surface area contributed by atoms with Gasteiger partial charge in [0, 0.05) is 62.6 Å². The second kappa shape index (κ2) is 11.2. The predicted molar refractivity (Wildman–Crippen MR) is 203 cm³/mol. The molecule has 3 aromatic heterocycles. The zero-order valence-corrected chi connectivity index (χ0v) is 27.2. The van der Waals surface area contributed by atoms with Gasteiger partial charge in [-0.3, -0.25) is 0 Å². The quantitative estimate of drug-likeness (QED) is 0.100. The van der Waals surface area contributed by atoms with Gasteiger partial charge >= 0.3 is 0 Å². The summed E-state index contributed by atoms with van der Waals surface area (Å²) in [7, 11) is 11.9. The highest BCUT2D eigenvalue weighted by Gasteiger charge is 2.25. The summed E-state index contributed by atoms with van der Waals surface area (Å²) in [4.78, 5) is 15.2. The number of thiophene rings is 2. The zero-order chi connectivity index (χ0) is 33.4. The van der Waals surface area contributed by atoms with Gasteiger partial charge in [0.2, 0.25) is 0 Å². The average Bonchev–Trinajstić information content (AvgIpc) is 3.72. The molecule has 49 heavy (non-hydrogen) atoms. The van der Waals surface area contributed by atoms with E-state index in [2.05, 4.69) is 36.4 Å². The first-order valence-corrected chi connectivity index (χ1v) is 17.0. The molecule has 0 saturated carbocycles. The number of phenolic OH excluding ortho intramolecular Hbond substituents is 3. The summed E-state index contributed by atoms with van der Waals surface area (Å²) >= 11 is 3.36. The fraction of sp³-hybridized carbons (Fsp3) is 0. The van der Waals surface area contributed by atoms with Gasteiger partial charge in [0.25, 0.3) is 0 Å². The Hall–Kier alpha value is -5.70. The van der Waals surface area contributed by atoms with E-state index >= 15 is 0 Å². The molecule has 6 nitrogen and oxygen atoms in total. The van der Waals surface area contributed by atoms with Crippen molar-refractivity contribution in [3.05, 3.63) is 109 Å². The van der Waals surface area contributed by atoms with E-state index in [1.54, 1.807) is 40.9 Å². The van der Waals surface area contributed by atoms with E-state index in [-0.39, 0.29) is 16.5 Å². The molecule has 0 unspecified atom stereocenters. The van der Waals surface area contributed by atoms with Crippen LogP contribution in [-0.4, -0.2) is 46.0 Å². The molecule has 3 heterocycles. The Morgan fingerprint density at radius 3 is 1.37 bits per heavy atom. The number of phenols is 3. The molecule has 4 radical (unpaired) electrons. The second-order valence-corrected chi connectivity index (χ2v) is 13.8. The van der Waals surface area contributed by atoms with E-state index < -0.39 is 17.2 Å². The van der Waals surface area contributed by atoms with Crippen LogP contribution in [0.2, 0.25) is 0 Å². The summed E-state index contributed by atoms with van der Waals surface area (Å²) < 4.78 is 4.41. The first-order valence-electron chi connectivity index (χ1n) is 15.4. The van der Waals surface area contributed by atoms with Crippen LogP contribution in [0.1, 0.15) is 0 Å². The second-order valence-electron chi connectivity index (χ2n) is 11.7. The number of aromatic nitrogens is 3. The maximum absolute atomic E-state index is 11.1. The molecule has 0 spiro atoms. The van der Waals surface area contributed by atoms with Crippen molar-refractivity contribution >= 4 is 89.6 Å². The standard InChI is InChI=1S/C39H21B2N3O3S2/c40-30-31(41)34(47)33(46)29(32(30)45)21-11-1-2-12-24(21)37-42-38(25-15-7-13-22-19-9-3-5-17-27(19)48-35(22)25)44-39(43-37)26-16-8-14-23-20-10-4-6-18-28(20)49-36(23)26/h1-18,45-47H. The van der Waals surface area contributed by atoms with Gasteiger partial charge in [-0.15, -0.1) is 22.7 Å². The summed E-state index contributed by atoms with van der Waals surface area (Å²) in [6.45, 7) is 0. The van der Waals surface area contributed by atoms with E-state index in [0.29, 0.717) is 28.6 Å². The number of aromatic hydroxyl groups is 3. The van der Waals surface area contributed by atoms with Gasteiger partial charge in [0.15, 0.2) is 29.0 Å². The predicted octanol–water partition coefficient (Wildman–Crippen LogP) is 7.98. The molecule has 0 fully saturated rings. The first-order chi connectivity index (χ1) is 23.9. The summed E-state index contributed by atoms with van der Waals surface area (Å²) in [5.74, 6) is -0.432. The highest BCUT2D eigenvalue weighted by atomic mass is 32.1. The van der Waals surface area contributed by atoms with Gasteiger partial charge in [0.05, 0.1) is 5.56 Å². The van der Waals surface area contributed by atoms with Crippen molar-refractivity contribution in [2.45, 2.75) is 0 Å². The van der Waals surface area contributed by atoms with Crippen LogP contribution in [0.25, 0.3) is 85.6 Å². The summed E-state index contributed by atoms with van der Waals surface area (Å²) in [6.07, 6.45) is 0. The Labute approximate surface area is 290 Å². The number of fused-ring (bicyclic) bond motifs is 6. The van der Waals surface area contributed by atoms with Crippen LogP contribution in [-0.2, 0) is 0 Å². The Morgan fingerprint density at radius 1 is 0.408 bits per heavy atom. The molecule has 9 aromatic rings. The van der Waals surface area contributed by atoms with Crippen molar-refractivity contribution in [2.24, 2.45) is 0 Å². The van der Waals surface area contributed by atoms with Crippen molar-refractivity contribution in [3.63, 3.8) is 0 Å².